The van der Waals surface area contributed by atoms with E-state index in [9.17, 15) is 13.7 Å². The summed E-state index contributed by atoms with van der Waals surface area (Å²) in [6, 6.07) is 17.1. The van der Waals surface area contributed by atoms with Crippen LogP contribution in [0.4, 0.5) is 9.52 Å². The number of phenols is 1. The van der Waals surface area contributed by atoms with Gasteiger partial charge in [0.05, 0.1) is 37.6 Å². The second-order valence-corrected chi connectivity index (χ2v) is 10.2. The molecule has 2 heterocycles. The molecule has 37 heavy (non-hydrogen) atoms. The number of nitrogens with zero attached hydrogens (tertiary/aromatic N) is 3. The molecule has 0 radical (unpaired) electrons. The number of hydrogen-bond acceptors (Lipinski definition) is 7. The summed E-state index contributed by atoms with van der Waals surface area (Å²) >= 11 is 1.35. The number of benzene rings is 3. The summed E-state index contributed by atoms with van der Waals surface area (Å²) < 4.78 is 41.3. The molecule has 0 fully saturated rings. The summed E-state index contributed by atoms with van der Waals surface area (Å²) in [4.78, 5) is 8.98. The third-order valence-electron chi connectivity index (χ3n) is 5.81. The van der Waals surface area contributed by atoms with Crippen molar-refractivity contribution < 1.29 is 23.2 Å². The number of fused-ring (bicyclic) bond motifs is 1. The lowest BCUT2D eigenvalue weighted by Crippen LogP contribution is -2.25. The maximum atomic E-state index is 14.9. The number of thiazole rings is 1. The third kappa shape index (κ3) is 4.85. The quantitative estimate of drug-likeness (QED) is 0.264. The van der Waals surface area contributed by atoms with Gasteiger partial charge in [0.25, 0.3) is 0 Å². The van der Waals surface area contributed by atoms with E-state index in [0.717, 1.165) is 11.8 Å². The van der Waals surface area contributed by atoms with Crippen LogP contribution in [0.5, 0.6) is 17.2 Å². The van der Waals surface area contributed by atoms with Crippen molar-refractivity contribution in [3.8, 4) is 28.5 Å². The Morgan fingerprint density at radius 2 is 1.86 bits per heavy atom. The predicted octanol–water partition coefficient (Wildman–Crippen LogP) is 5.95. The molecule has 5 rings (SSSR count). The van der Waals surface area contributed by atoms with Crippen molar-refractivity contribution in [1.82, 2.24) is 9.97 Å². The number of aromatic hydroxyl groups is 1. The number of hydrogen-bond donors (Lipinski definition) is 1. The van der Waals surface area contributed by atoms with Crippen molar-refractivity contribution in [3.05, 3.63) is 89.8 Å². The topological polar surface area (TPSA) is 84.8 Å². The average Bonchev–Trinajstić information content (AvgIpc) is 3.47. The Morgan fingerprint density at radius 1 is 1.03 bits per heavy atom. The number of methoxy groups -OCH3 is 2. The first kappa shape index (κ1) is 24.7. The van der Waals surface area contributed by atoms with E-state index in [0.29, 0.717) is 38.2 Å². The lowest BCUT2D eigenvalue weighted by molar-refractivity contribution is 0.391. The van der Waals surface area contributed by atoms with Crippen molar-refractivity contribution in [2.45, 2.75) is 11.4 Å². The van der Waals surface area contributed by atoms with E-state index in [1.165, 1.54) is 11.3 Å². The van der Waals surface area contributed by atoms with Crippen molar-refractivity contribution >= 4 is 38.2 Å². The molecule has 0 saturated carbocycles. The molecule has 0 spiro atoms. The van der Waals surface area contributed by atoms with Crippen LogP contribution in [-0.2, 0) is 17.5 Å². The van der Waals surface area contributed by atoms with Gasteiger partial charge in [0.15, 0.2) is 16.1 Å². The highest BCUT2D eigenvalue weighted by Crippen LogP contribution is 2.36. The van der Waals surface area contributed by atoms with Gasteiger partial charge >= 0.3 is 0 Å². The molecule has 10 heteroatoms. The summed E-state index contributed by atoms with van der Waals surface area (Å²) in [5.74, 6) is 0.715. The van der Waals surface area contributed by atoms with Crippen LogP contribution < -0.4 is 13.8 Å². The molecule has 5 aromatic rings. The Labute approximate surface area is 219 Å². The Hall–Kier alpha value is -4.02. The molecule has 0 aliphatic heterocycles. The van der Waals surface area contributed by atoms with Crippen molar-refractivity contribution in [3.63, 3.8) is 0 Å². The van der Waals surface area contributed by atoms with Gasteiger partial charge in [0.1, 0.15) is 23.1 Å². The Bertz CT molecular complexity index is 1590. The van der Waals surface area contributed by atoms with Crippen LogP contribution in [0.25, 0.3) is 22.0 Å². The summed E-state index contributed by atoms with van der Waals surface area (Å²) in [7, 11) is 1.40. The Morgan fingerprint density at radius 3 is 2.59 bits per heavy atom. The molecule has 1 atom stereocenters. The maximum Gasteiger partial charge on any atom is 0.197 e. The van der Waals surface area contributed by atoms with Crippen LogP contribution in [0.15, 0.2) is 83.3 Å². The van der Waals surface area contributed by atoms with Crippen molar-refractivity contribution in [2.24, 2.45) is 0 Å². The third-order valence-corrected chi connectivity index (χ3v) is 8.08. The largest absolute Gasteiger partial charge is 0.507 e. The molecule has 0 aliphatic rings. The van der Waals surface area contributed by atoms with E-state index in [2.05, 4.69) is 9.97 Å². The molecule has 0 aliphatic carbocycles. The Kier molecular flexibility index (Phi) is 7.02. The van der Waals surface area contributed by atoms with Crippen molar-refractivity contribution in [2.75, 3.05) is 18.5 Å². The predicted molar refractivity (Wildman–Crippen MR) is 143 cm³/mol. The first-order chi connectivity index (χ1) is 18.0. The first-order valence-corrected chi connectivity index (χ1v) is 13.1. The fraction of sp³-hybridized carbons (Fsp3) is 0.111. The molecule has 1 N–H and O–H groups in total. The molecule has 1 unspecified atom stereocenters. The van der Waals surface area contributed by atoms with Crippen LogP contribution in [0, 0.1) is 5.82 Å². The van der Waals surface area contributed by atoms with Gasteiger partial charge in [-0.2, -0.15) is 0 Å². The molecule has 0 amide bonds. The second kappa shape index (κ2) is 10.5. The lowest BCUT2D eigenvalue weighted by Gasteiger charge is -2.22. The van der Waals surface area contributed by atoms with Gasteiger partial charge in [0.2, 0.25) is 0 Å². The van der Waals surface area contributed by atoms with Gasteiger partial charge in [-0.1, -0.05) is 18.2 Å². The number of aromatic nitrogens is 2. The minimum absolute atomic E-state index is 0.0407. The minimum Gasteiger partial charge on any atom is -0.507 e. The average molecular weight is 536 g/mol. The molecular formula is C27H22FN3O4S2. The van der Waals surface area contributed by atoms with Crippen molar-refractivity contribution in [1.29, 1.82) is 0 Å². The zero-order chi connectivity index (χ0) is 25.9. The van der Waals surface area contributed by atoms with Gasteiger partial charge in [-0.15, -0.1) is 11.3 Å². The molecule has 2 aromatic heterocycles. The number of ether oxygens (including phenoxy) is 2. The first-order valence-electron chi connectivity index (χ1n) is 11.2. The SMILES string of the molecule is COc1ccc(CN(c2nccs2)S(=O)c2ccc3c(-c4ccccc4O)ncc(F)c3c2)c(OC)c1. The highest BCUT2D eigenvalue weighted by Gasteiger charge is 2.22. The van der Waals surface area contributed by atoms with Gasteiger partial charge in [-0.25, -0.2) is 13.6 Å². The summed E-state index contributed by atoms with van der Waals surface area (Å²) in [5.41, 5.74) is 1.70. The normalized spacial score (nSPS) is 11.9. The number of halogens is 1. The summed E-state index contributed by atoms with van der Waals surface area (Å²) in [6.45, 7) is 0.229. The highest BCUT2D eigenvalue weighted by molar-refractivity contribution is 7.86. The van der Waals surface area contributed by atoms with E-state index in [4.69, 9.17) is 9.47 Å². The second-order valence-electron chi connectivity index (χ2n) is 7.96. The molecule has 3 aromatic carbocycles. The minimum atomic E-state index is -1.73. The van der Waals surface area contributed by atoms with Crippen LogP contribution in [-0.4, -0.2) is 33.5 Å². The van der Waals surface area contributed by atoms with Gasteiger partial charge in [-0.3, -0.25) is 9.29 Å². The molecule has 188 valence electrons. The smallest absolute Gasteiger partial charge is 0.197 e. The van der Waals surface area contributed by atoms with E-state index in [-0.39, 0.29) is 17.7 Å². The molecule has 0 bridgehead atoms. The number of pyridine rings is 1. The van der Waals surface area contributed by atoms with Crippen LogP contribution in [0.1, 0.15) is 5.56 Å². The standard InChI is InChI=1S/C27H22FN3O4S2/c1-34-18-8-7-17(25(13-18)35-2)16-31(27-29-11-12-36-27)37(33)19-9-10-20-22(14-19)23(28)15-30-26(20)21-5-3-4-6-24(21)32/h3-15,32H,16H2,1-2H3. The van der Waals surface area contributed by atoms with Gasteiger partial charge < -0.3 is 14.6 Å². The maximum absolute atomic E-state index is 14.9. The monoisotopic (exact) mass is 535 g/mol. The van der Waals surface area contributed by atoms with E-state index in [1.807, 2.05) is 6.07 Å². The molecular weight excluding hydrogens is 513 g/mol. The number of anilines is 1. The van der Waals surface area contributed by atoms with Gasteiger partial charge in [0, 0.05) is 39.5 Å². The molecule has 7 nitrogen and oxygen atoms in total. The zero-order valence-corrected chi connectivity index (χ0v) is 21.6. The fourth-order valence-electron chi connectivity index (χ4n) is 3.99. The number of rotatable bonds is 8. The number of para-hydroxylation sites is 1. The Balaban J connectivity index is 1.57. The summed E-state index contributed by atoms with van der Waals surface area (Å²) in [6.07, 6.45) is 2.75. The zero-order valence-electron chi connectivity index (χ0n) is 19.9. The van der Waals surface area contributed by atoms with Gasteiger partial charge in [-0.05, 0) is 36.4 Å². The van der Waals surface area contributed by atoms with E-state index >= 15 is 0 Å². The molecule has 0 saturated heterocycles. The highest BCUT2D eigenvalue weighted by atomic mass is 32.2. The van der Waals surface area contributed by atoms with Crippen LogP contribution >= 0.6 is 11.3 Å². The summed E-state index contributed by atoms with van der Waals surface area (Å²) in [5, 5.41) is 13.4. The number of phenolic OH excluding ortho intramolecular Hbond substituents is 1. The fourth-order valence-corrected chi connectivity index (χ4v) is 5.97. The van der Waals surface area contributed by atoms with E-state index < -0.39 is 16.8 Å². The van der Waals surface area contributed by atoms with Crippen LogP contribution in [0.2, 0.25) is 0 Å². The van der Waals surface area contributed by atoms with E-state index in [1.54, 1.807) is 84.7 Å². The lowest BCUT2D eigenvalue weighted by atomic mass is 10.0. The van der Waals surface area contributed by atoms with Crippen LogP contribution in [0.3, 0.4) is 0 Å².